The van der Waals surface area contributed by atoms with Crippen molar-refractivity contribution in [2.75, 3.05) is 11.7 Å². The van der Waals surface area contributed by atoms with Gasteiger partial charge in [-0.25, -0.2) is 9.69 Å². The zero-order valence-corrected chi connectivity index (χ0v) is 22.5. The number of aromatic nitrogens is 2. The summed E-state index contributed by atoms with van der Waals surface area (Å²) in [7, 11) is 0. The minimum Gasteiger partial charge on any atom is -0.456 e. The van der Waals surface area contributed by atoms with Crippen LogP contribution in [-0.4, -0.2) is 22.4 Å². The van der Waals surface area contributed by atoms with Crippen LogP contribution in [-0.2, 0) is 10.2 Å². The Hall–Kier alpha value is -2.96. The van der Waals surface area contributed by atoms with Crippen LogP contribution in [0.4, 0.5) is 5.82 Å². The van der Waals surface area contributed by atoms with Crippen LogP contribution in [0.2, 0.25) is 20.1 Å². The lowest BCUT2D eigenvalue weighted by molar-refractivity contribution is 0.320. The van der Waals surface area contributed by atoms with Crippen LogP contribution < -0.4 is 5.01 Å². The van der Waals surface area contributed by atoms with Gasteiger partial charge in [0.1, 0.15) is 0 Å². The van der Waals surface area contributed by atoms with Crippen molar-refractivity contribution in [3.8, 4) is 16.9 Å². The fourth-order valence-electron chi connectivity index (χ4n) is 4.66. The van der Waals surface area contributed by atoms with Crippen molar-refractivity contribution in [2.45, 2.75) is 18.3 Å². The second-order valence-electron chi connectivity index (χ2n) is 8.97. The molecule has 1 aromatic heterocycles. The second kappa shape index (κ2) is 9.41. The SMILES string of the molecule is C=Cc1c(N2COC(C3(c4ccc(Cl)cc4)CC3)=N2)nn(-c2ccc(Cl)cc2Cl)c1-c1ccc(Cl)cc1. The van der Waals surface area contributed by atoms with Gasteiger partial charge in [0.2, 0.25) is 5.90 Å². The second-order valence-corrected chi connectivity index (χ2v) is 10.7. The summed E-state index contributed by atoms with van der Waals surface area (Å²) in [5.74, 6) is 1.28. The van der Waals surface area contributed by atoms with E-state index in [-0.39, 0.29) is 12.1 Å². The summed E-state index contributed by atoms with van der Waals surface area (Å²) in [6.45, 7) is 4.32. The third-order valence-corrected chi connectivity index (χ3v) is 7.74. The maximum Gasteiger partial charge on any atom is 0.219 e. The molecule has 0 unspecified atom stereocenters. The highest BCUT2D eigenvalue weighted by molar-refractivity contribution is 6.35. The fraction of sp³-hybridized carbons (Fsp3) is 0.143. The smallest absolute Gasteiger partial charge is 0.219 e. The number of hydrogen-bond acceptors (Lipinski definition) is 4. The number of benzene rings is 3. The molecule has 2 aliphatic rings. The first kappa shape index (κ1) is 24.4. The van der Waals surface area contributed by atoms with Crippen molar-refractivity contribution < 1.29 is 4.74 Å². The van der Waals surface area contributed by atoms with Gasteiger partial charge in [0.05, 0.1) is 21.8 Å². The molecular weight excluding hydrogens is 550 g/mol. The molecule has 1 aliphatic carbocycles. The summed E-state index contributed by atoms with van der Waals surface area (Å²) >= 11 is 25.1. The molecule has 0 atom stereocenters. The molecule has 1 saturated carbocycles. The predicted octanol–water partition coefficient (Wildman–Crippen LogP) is 8.64. The van der Waals surface area contributed by atoms with E-state index in [9.17, 15) is 0 Å². The molecule has 5 nitrogen and oxygen atoms in total. The van der Waals surface area contributed by atoms with Crippen LogP contribution in [0.1, 0.15) is 24.0 Å². The summed E-state index contributed by atoms with van der Waals surface area (Å²) < 4.78 is 7.93. The van der Waals surface area contributed by atoms with Gasteiger partial charge in [-0.2, -0.15) is 0 Å². The van der Waals surface area contributed by atoms with Gasteiger partial charge in [0.15, 0.2) is 12.5 Å². The van der Waals surface area contributed by atoms with Crippen LogP contribution in [0.25, 0.3) is 23.0 Å². The van der Waals surface area contributed by atoms with Crippen molar-refractivity contribution in [3.63, 3.8) is 0 Å². The first-order valence-corrected chi connectivity index (χ1v) is 13.1. The zero-order valence-electron chi connectivity index (χ0n) is 19.5. The lowest BCUT2D eigenvalue weighted by atomic mass is 9.96. The molecule has 37 heavy (non-hydrogen) atoms. The van der Waals surface area contributed by atoms with E-state index >= 15 is 0 Å². The predicted molar refractivity (Wildman–Crippen MR) is 152 cm³/mol. The summed E-state index contributed by atoms with van der Waals surface area (Å²) in [6.07, 6.45) is 3.69. The summed E-state index contributed by atoms with van der Waals surface area (Å²) in [6, 6.07) is 20.7. The highest BCUT2D eigenvalue weighted by atomic mass is 35.5. The van der Waals surface area contributed by atoms with E-state index in [2.05, 4.69) is 6.58 Å². The van der Waals surface area contributed by atoms with Crippen molar-refractivity contribution in [1.29, 1.82) is 0 Å². The van der Waals surface area contributed by atoms with Crippen LogP contribution in [0.15, 0.2) is 78.4 Å². The number of hydrazone groups is 1. The number of anilines is 1. The first-order valence-electron chi connectivity index (χ1n) is 11.6. The van der Waals surface area contributed by atoms with Gasteiger partial charge in [-0.15, -0.1) is 10.2 Å². The van der Waals surface area contributed by atoms with Crippen LogP contribution >= 0.6 is 46.4 Å². The topological polar surface area (TPSA) is 42.6 Å². The molecule has 0 amide bonds. The van der Waals surface area contributed by atoms with Gasteiger partial charge >= 0.3 is 0 Å². The third-order valence-electron chi connectivity index (χ3n) is 6.70. The van der Waals surface area contributed by atoms with Crippen LogP contribution in [0.3, 0.4) is 0 Å². The van der Waals surface area contributed by atoms with Crippen molar-refractivity contribution in [2.24, 2.45) is 5.10 Å². The average Bonchev–Trinajstić information content (AvgIpc) is 3.38. The van der Waals surface area contributed by atoms with E-state index in [1.807, 2.05) is 54.6 Å². The van der Waals surface area contributed by atoms with E-state index < -0.39 is 0 Å². The minimum atomic E-state index is -0.241. The molecule has 3 aromatic carbocycles. The Kier molecular flexibility index (Phi) is 6.20. The largest absolute Gasteiger partial charge is 0.456 e. The first-order chi connectivity index (χ1) is 17.9. The van der Waals surface area contributed by atoms with Gasteiger partial charge in [-0.05, 0) is 60.9 Å². The van der Waals surface area contributed by atoms with Crippen molar-refractivity contribution in [1.82, 2.24) is 9.78 Å². The highest BCUT2D eigenvalue weighted by Crippen LogP contribution is 2.51. The molecule has 186 valence electrons. The van der Waals surface area contributed by atoms with E-state index in [4.69, 9.17) is 61.3 Å². The molecule has 0 N–H and O–H groups in total. The van der Waals surface area contributed by atoms with Crippen LogP contribution in [0.5, 0.6) is 0 Å². The maximum absolute atomic E-state index is 6.62. The van der Waals surface area contributed by atoms with Crippen LogP contribution in [0, 0.1) is 0 Å². The number of ether oxygens (including phenoxy) is 1. The maximum atomic E-state index is 6.62. The monoisotopic (exact) mass is 568 g/mol. The third kappa shape index (κ3) is 4.30. The minimum absolute atomic E-state index is 0.233. The molecule has 2 heterocycles. The van der Waals surface area contributed by atoms with E-state index in [1.165, 1.54) is 0 Å². The molecule has 9 heteroatoms. The van der Waals surface area contributed by atoms with E-state index in [0.717, 1.165) is 35.2 Å². The Morgan fingerprint density at radius 2 is 1.51 bits per heavy atom. The number of rotatable bonds is 6. The summed E-state index contributed by atoms with van der Waals surface area (Å²) in [5.41, 5.74) is 4.06. The Bertz CT molecular complexity index is 1540. The Labute approximate surface area is 234 Å². The van der Waals surface area contributed by atoms with Crippen molar-refractivity contribution >= 4 is 64.2 Å². The quantitative estimate of drug-likeness (QED) is 0.233. The average molecular weight is 570 g/mol. The van der Waals surface area contributed by atoms with E-state index in [0.29, 0.717) is 37.5 Å². The van der Waals surface area contributed by atoms with Gasteiger partial charge in [0, 0.05) is 26.2 Å². The molecule has 6 rings (SSSR count). The standard InChI is InChI=1S/C28H20Cl4N4O/c1-2-22-25(17-3-7-19(29)8-4-17)36(24-12-11-21(31)15-23(24)32)33-26(22)35-16-37-27(34-35)28(13-14-28)18-5-9-20(30)10-6-18/h2-12,15H,1,13-14,16H2. The number of nitrogens with zero attached hydrogens (tertiary/aromatic N) is 4. The molecule has 0 spiro atoms. The lowest BCUT2D eigenvalue weighted by Gasteiger charge is -2.13. The number of halogens is 4. The molecule has 0 radical (unpaired) electrons. The Morgan fingerprint density at radius 1 is 0.865 bits per heavy atom. The van der Waals surface area contributed by atoms with E-state index in [1.54, 1.807) is 27.9 Å². The van der Waals surface area contributed by atoms with Gasteiger partial charge < -0.3 is 4.74 Å². The fourth-order valence-corrected chi connectivity index (χ4v) is 5.40. The number of hydrogen-bond donors (Lipinski definition) is 0. The Balaban J connectivity index is 1.47. The Morgan fingerprint density at radius 3 is 2.14 bits per heavy atom. The molecular formula is C28H20Cl4N4O. The van der Waals surface area contributed by atoms with Gasteiger partial charge in [-0.3, -0.25) is 0 Å². The highest BCUT2D eigenvalue weighted by Gasteiger charge is 2.52. The normalized spacial score (nSPS) is 15.9. The van der Waals surface area contributed by atoms with Gasteiger partial charge in [-0.1, -0.05) is 83.3 Å². The zero-order chi connectivity index (χ0) is 25.7. The summed E-state index contributed by atoms with van der Waals surface area (Å²) in [5, 5.41) is 13.9. The molecule has 1 aliphatic heterocycles. The molecule has 0 bridgehead atoms. The summed E-state index contributed by atoms with van der Waals surface area (Å²) in [4.78, 5) is 0. The molecule has 0 saturated heterocycles. The van der Waals surface area contributed by atoms with Gasteiger partial charge in [0.25, 0.3) is 0 Å². The lowest BCUT2D eigenvalue weighted by Crippen LogP contribution is -2.20. The molecule has 1 fully saturated rings. The van der Waals surface area contributed by atoms with Crippen molar-refractivity contribution in [3.05, 3.63) is 105 Å². The molecule has 4 aromatic rings.